The third kappa shape index (κ3) is 2.35. The van der Waals surface area contributed by atoms with Crippen LogP contribution in [0.1, 0.15) is 5.69 Å². The minimum atomic E-state index is 0.592. The Morgan fingerprint density at radius 2 is 1.95 bits per heavy atom. The van der Waals surface area contributed by atoms with Gasteiger partial charge < -0.3 is 10.5 Å². The van der Waals surface area contributed by atoms with Crippen LogP contribution in [-0.2, 0) is 6.42 Å². The zero-order chi connectivity index (χ0) is 13.9. The molecule has 0 aliphatic heterocycles. The maximum atomic E-state index is 5.55. The molecule has 0 radical (unpaired) electrons. The first-order valence-electron chi connectivity index (χ1n) is 6.50. The molecule has 3 rings (SSSR count). The van der Waals surface area contributed by atoms with Crippen molar-refractivity contribution in [1.82, 2.24) is 14.6 Å². The highest BCUT2D eigenvalue weighted by atomic mass is 16.5. The van der Waals surface area contributed by atoms with Crippen LogP contribution < -0.4 is 10.5 Å². The van der Waals surface area contributed by atoms with Crippen molar-refractivity contribution < 1.29 is 4.74 Å². The zero-order valence-corrected chi connectivity index (χ0v) is 11.3. The second kappa shape index (κ2) is 5.30. The van der Waals surface area contributed by atoms with E-state index in [4.69, 9.17) is 10.5 Å². The van der Waals surface area contributed by atoms with Gasteiger partial charge in [0, 0.05) is 12.0 Å². The van der Waals surface area contributed by atoms with Gasteiger partial charge in [-0.05, 0) is 42.9 Å². The minimum absolute atomic E-state index is 0.592. The number of methoxy groups -OCH3 is 1. The van der Waals surface area contributed by atoms with Crippen LogP contribution >= 0.6 is 0 Å². The lowest BCUT2D eigenvalue weighted by atomic mass is 10.1. The summed E-state index contributed by atoms with van der Waals surface area (Å²) in [5.41, 5.74) is 9.30. The SMILES string of the molecule is COc1ccc(-c2ccc3nc(CCN)cn3n2)cc1. The summed E-state index contributed by atoms with van der Waals surface area (Å²) in [5, 5.41) is 4.58. The van der Waals surface area contributed by atoms with Crippen molar-refractivity contribution in [3.05, 3.63) is 48.3 Å². The van der Waals surface area contributed by atoms with E-state index < -0.39 is 0 Å². The van der Waals surface area contributed by atoms with E-state index in [1.54, 1.807) is 11.6 Å². The number of rotatable bonds is 4. The Morgan fingerprint density at radius 3 is 2.65 bits per heavy atom. The van der Waals surface area contributed by atoms with Gasteiger partial charge >= 0.3 is 0 Å². The molecule has 0 fully saturated rings. The van der Waals surface area contributed by atoms with Crippen molar-refractivity contribution >= 4 is 5.65 Å². The predicted octanol–water partition coefficient (Wildman–Crippen LogP) is 1.91. The first-order valence-corrected chi connectivity index (χ1v) is 6.50. The average molecular weight is 268 g/mol. The first kappa shape index (κ1) is 12.6. The molecule has 2 N–H and O–H groups in total. The van der Waals surface area contributed by atoms with Crippen LogP contribution in [0.3, 0.4) is 0 Å². The highest BCUT2D eigenvalue weighted by Crippen LogP contribution is 2.20. The first-order chi connectivity index (χ1) is 9.80. The van der Waals surface area contributed by atoms with Crippen molar-refractivity contribution in [2.24, 2.45) is 5.73 Å². The fraction of sp³-hybridized carbons (Fsp3) is 0.200. The fourth-order valence-corrected chi connectivity index (χ4v) is 2.12. The van der Waals surface area contributed by atoms with Gasteiger partial charge in [0.15, 0.2) is 5.65 Å². The minimum Gasteiger partial charge on any atom is -0.497 e. The van der Waals surface area contributed by atoms with Gasteiger partial charge in [0.25, 0.3) is 0 Å². The maximum Gasteiger partial charge on any atom is 0.153 e. The number of ether oxygens (including phenoxy) is 1. The van der Waals surface area contributed by atoms with Gasteiger partial charge in [-0.25, -0.2) is 9.50 Å². The van der Waals surface area contributed by atoms with Crippen LogP contribution in [0.15, 0.2) is 42.6 Å². The Balaban J connectivity index is 1.98. The smallest absolute Gasteiger partial charge is 0.153 e. The molecule has 2 aromatic heterocycles. The molecule has 5 heteroatoms. The lowest BCUT2D eigenvalue weighted by Gasteiger charge is -2.03. The normalized spacial score (nSPS) is 10.9. The summed E-state index contributed by atoms with van der Waals surface area (Å²) in [6.07, 6.45) is 2.69. The maximum absolute atomic E-state index is 5.55. The molecular formula is C15H16N4O. The number of nitrogens with two attached hydrogens (primary N) is 1. The molecular weight excluding hydrogens is 252 g/mol. The van der Waals surface area contributed by atoms with Crippen LogP contribution in [0, 0.1) is 0 Å². The van der Waals surface area contributed by atoms with Crippen LogP contribution in [0.25, 0.3) is 16.9 Å². The van der Waals surface area contributed by atoms with Crippen LogP contribution in [0.2, 0.25) is 0 Å². The quantitative estimate of drug-likeness (QED) is 0.785. The molecule has 0 unspecified atom stereocenters. The molecule has 20 heavy (non-hydrogen) atoms. The molecule has 0 aliphatic rings. The molecule has 3 aromatic rings. The molecule has 5 nitrogen and oxygen atoms in total. The Labute approximate surface area is 117 Å². The van der Waals surface area contributed by atoms with Gasteiger partial charge in [0.1, 0.15) is 5.75 Å². The van der Waals surface area contributed by atoms with E-state index in [0.29, 0.717) is 6.54 Å². The number of aromatic nitrogens is 3. The van der Waals surface area contributed by atoms with E-state index in [1.165, 1.54) is 0 Å². The molecule has 0 spiro atoms. The molecule has 0 aliphatic carbocycles. The summed E-state index contributed by atoms with van der Waals surface area (Å²) >= 11 is 0. The van der Waals surface area contributed by atoms with E-state index in [1.807, 2.05) is 42.6 Å². The Hall–Kier alpha value is -2.40. The molecule has 0 saturated heterocycles. The predicted molar refractivity (Wildman–Crippen MR) is 77.7 cm³/mol. The van der Waals surface area contributed by atoms with Gasteiger partial charge in [-0.1, -0.05) is 0 Å². The van der Waals surface area contributed by atoms with Gasteiger partial charge in [0.2, 0.25) is 0 Å². The molecule has 1 aromatic carbocycles. The molecule has 0 atom stereocenters. The summed E-state index contributed by atoms with van der Waals surface area (Å²) in [4.78, 5) is 4.47. The van der Waals surface area contributed by atoms with Gasteiger partial charge in [0.05, 0.1) is 24.7 Å². The zero-order valence-electron chi connectivity index (χ0n) is 11.3. The van der Waals surface area contributed by atoms with E-state index in [9.17, 15) is 0 Å². The lowest BCUT2D eigenvalue weighted by Crippen LogP contribution is -2.02. The highest BCUT2D eigenvalue weighted by Gasteiger charge is 2.05. The van der Waals surface area contributed by atoms with E-state index in [0.717, 1.165) is 34.8 Å². The van der Waals surface area contributed by atoms with E-state index in [-0.39, 0.29) is 0 Å². The van der Waals surface area contributed by atoms with Crippen molar-refractivity contribution in [3.63, 3.8) is 0 Å². The Kier molecular flexibility index (Phi) is 3.35. The largest absolute Gasteiger partial charge is 0.497 e. The summed E-state index contributed by atoms with van der Waals surface area (Å²) in [7, 11) is 1.66. The number of benzene rings is 1. The van der Waals surface area contributed by atoms with Crippen LogP contribution in [0.4, 0.5) is 0 Å². The third-order valence-electron chi connectivity index (χ3n) is 3.16. The van der Waals surface area contributed by atoms with Crippen LogP contribution in [0.5, 0.6) is 5.75 Å². The Morgan fingerprint density at radius 1 is 1.15 bits per heavy atom. The topological polar surface area (TPSA) is 65.4 Å². The van der Waals surface area contributed by atoms with Gasteiger partial charge in [-0.15, -0.1) is 0 Å². The number of imidazole rings is 1. The molecule has 0 bridgehead atoms. The van der Waals surface area contributed by atoms with Crippen LogP contribution in [-0.4, -0.2) is 28.3 Å². The summed E-state index contributed by atoms with van der Waals surface area (Å²) in [5.74, 6) is 0.836. The molecule has 0 saturated carbocycles. The number of nitrogens with zero attached hydrogens (tertiary/aromatic N) is 3. The van der Waals surface area contributed by atoms with Gasteiger partial charge in [-0.3, -0.25) is 0 Å². The van der Waals surface area contributed by atoms with Crippen molar-refractivity contribution in [2.75, 3.05) is 13.7 Å². The molecule has 102 valence electrons. The second-order valence-corrected chi connectivity index (χ2v) is 4.52. The van der Waals surface area contributed by atoms with Crippen molar-refractivity contribution in [2.45, 2.75) is 6.42 Å². The lowest BCUT2D eigenvalue weighted by molar-refractivity contribution is 0.415. The van der Waals surface area contributed by atoms with Crippen molar-refractivity contribution in [1.29, 1.82) is 0 Å². The Bertz CT molecular complexity index is 718. The number of fused-ring (bicyclic) bond motifs is 1. The monoisotopic (exact) mass is 268 g/mol. The summed E-state index contributed by atoms with van der Waals surface area (Å²) in [6.45, 7) is 0.592. The average Bonchev–Trinajstić information content (AvgIpc) is 2.89. The van der Waals surface area contributed by atoms with E-state index >= 15 is 0 Å². The number of hydrogen-bond acceptors (Lipinski definition) is 4. The summed E-state index contributed by atoms with van der Waals surface area (Å²) < 4.78 is 6.95. The fourth-order valence-electron chi connectivity index (χ4n) is 2.12. The second-order valence-electron chi connectivity index (χ2n) is 4.52. The summed E-state index contributed by atoms with van der Waals surface area (Å²) in [6, 6.07) is 11.8. The van der Waals surface area contributed by atoms with E-state index in [2.05, 4.69) is 10.1 Å². The third-order valence-corrected chi connectivity index (χ3v) is 3.16. The molecule has 2 heterocycles. The molecule has 0 amide bonds. The van der Waals surface area contributed by atoms with Crippen molar-refractivity contribution in [3.8, 4) is 17.0 Å². The number of hydrogen-bond donors (Lipinski definition) is 1. The van der Waals surface area contributed by atoms with Gasteiger partial charge in [-0.2, -0.15) is 5.10 Å². The standard InChI is InChI=1S/C15H16N4O/c1-20-13-4-2-11(3-5-13)14-6-7-15-17-12(8-9-16)10-19(15)18-14/h2-7,10H,8-9,16H2,1H3. The highest BCUT2D eigenvalue weighted by molar-refractivity contribution is 5.61.